The summed E-state index contributed by atoms with van der Waals surface area (Å²) in [6, 6.07) is 36.9. The number of H-pyrrole nitrogens is 1. The molecule has 1 aromatic heterocycles. The summed E-state index contributed by atoms with van der Waals surface area (Å²) < 4.78 is 11.9. The number of hydrogen-bond donors (Lipinski definition) is 1. The third kappa shape index (κ3) is 4.62. The monoisotopic (exact) mass is 405 g/mol. The van der Waals surface area contributed by atoms with E-state index in [9.17, 15) is 0 Å². The first-order valence-corrected chi connectivity index (χ1v) is 10.4. The fraction of sp³-hybridized carbons (Fsp3) is 0.0714. The summed E-state index contributed by atoms with van der Waals surface area (Å²) in [5.74, 6) is 1.72. The van der Waals surface area contributed by atoms with Gasteiger partial charge in [0, 0.05) is 22.7 Å². The molecule has 0 saturated carbocycles. The summed E-state index contributed by atoms with van der Waals surface area (Å²) in [6.07, 6.45) is 0. The molecule has 1 heterocycles. The van der Waals surface area contributed by atoms with E-state index in [1.807, 2.05) is 54.6 Å². The van der Waals surface area contributed by atoms with E-state index >= 15 is 0 Å². The molecule has 3 nitrogen and oxygen atoms in total. The standard InChI is InChI=1S/C28H23NO2/c1-3-7-21(8-4-1)19-30-25-14-11-23(12-15-25)27-17-24-13-16-26(18-28(24)29-27)31-20-22-9-5-2-6-10-22/h1-18,29H,19-20H2. The number of benzene rings is 4. The van der Waals surface area contributed by atoms with Crippen LogP contribution in [0.2, 0.25) is 0 Å². The zero-order chi connectivity index (χ0) is 20.9. The van der Waals surface area contributed by atoms with Crippen molar-refractivity contribution in [2.24, 2.45) is 0 Å². The third-order valence-electron chi connectivity index (χ3n) is 5.26. The van der Waals surface area contributed by atoms with Crippen molar-refractivity contribution in [2.45, 2.75) is 13.2 Å². The lowest BCUT2D eigenvalue weighted by molar-refractivity contribution is 0.306. The Kier molecular flexibility index (Phi) is 5.40. The lowest BCUT2D eigenvalue weighted by atomic mass is 10.1. The van der Waals surface area contributed by atoms with Crippen LogP contribution in [0.15, 0.2) is 109 Å². The molecule has 1 N–H and O–H groups in total. The van der Waals surface area contributed by atoms with Gasteiger partial charge in [-0.15, -0.1) is 0 Å². The predicted molar refractivity (Wildman–Crippen MR) is 125 cm³/mol. The van der Waals surface area contributed by atoms with Crippen LogP contribution in [-0.2, 0) is 13.2 Å². The Morgan fingerprint density at radius 1 is 0.548 bits per heavy atom. The topological polar surface area (TPSA) is 34.2 Å². The van der Waals surface area contributed by atoms with Crippen molar-refractivity contribution in [1.82, 2.24) is 4.98 Å². The minimum atomic E-state index is 0.560. The molecule has 0 spiro atoms. The van der Waals surface area contributed by atoms with Gasteiger partial charge in [0.2, 0.25) is 0 Å². The first kappa shape index (κ1) is 19.0. The first-order chi connectivity index (χ1) is 15.3. The van der Waals surface area contributed by atoms with Crippen molar-refractivity contribution < 1.29 is 9.47 Å². The van der Waals surface area contributed by atoms with Gasteiger partial charge in [0.05, 0.1) is 0 Å². The number of nitrogens with one attached hydrogen (secondary N) is 1. The van der Waals surface area contributed by atoms with Crippen LogP contribution in [-0.4, -0.2) is 4.98 Å². The van der Waals surface area contributed by atoms with Crippen molar-refractivity contribution in [2.75, 3.05) is 0 Å². The Morgan fingerprint density at radius 3 is 1.77 bits per heavy atom. The number of aromatic amines is 1. The van der Waals surface area contributed by atoms with E-state index in [0.717, 1.165) is 44.8 Å². The number of aromatic nitrogens is 1. The van der Waals surface area contributed by atoms with Crippen LogP contribution in [0.25, 0.3) is 22.2 Å². The number of hydrogen-bond acceptors (Lipinski definition) is 2. The van der Waals surface area contributed by atoms with Gasteiger partial charge in [0.15, 0.2) is 0 Å². The lowest BCUT2D eigenvalue weighted by Crippen LogP contribution is -1.94. The molecule has 0 aliphatic heterocycles. The highest BCUT2D eigenvalue weighted by Crippen LogP contribution is 2.28. The molecule has 0 saturated heterocycles. The van der Waals surface area contributed by atoms with Gasteiger partial charge in [-0.25, -0.2) is 0 Å². The van der Waals surface area contributed by atoms with Crippen LogP contribution in [0.5, 0.6) is 11.5 Å². The molecule has 0 fully saturated rings. The van der Waals surface area contributed by atoms with E-state index < -0.39 is 0 Å². The van der Waals surface area contributed by atoms with Crippen molar-refractivity contribution in [3.63, 3.8) is 0 Å². The number of ether oxygens (including phenoxy) is 2. The maximum absolute atomic E-state index is 5.96. The second-order valence-corrected chi connectivity index (χ2v) is 7.50. The average molecular weight is 405 g/mol. The Bertz CT molecular complexity index is 1260. The second-order valence-electron chi connectivity index (χ2n) is 7.50. The molecule has 4 aromatic carbocycles. The van der Waals surface area contributed by atoms with Crippen LogP contribution < -0.4 is 9.47 Å². The zero-order valence-corrected chi connectivity index (χ0v) is 17.1. The maximum Gasteiger partial charge on any atom is 0.121 e. The van der Waals surface area contributed by atoms with Gasteiger partial charge in [-0.05, 0) is 59.2 Å². The van der Waals surface area contributed by atoms with Gasteiger partial charge in [0.1, 0.15) is 24.7 Å². The normalized spacial score (nSPS) is 10.8. The molecule has 152 valence electrons. The SMILES string of the molecule is c1ccc(COc2ccc(-c3cc4ccc(OCc5ccccc5)cc4[nH]3)cc2)cc1. The summed E-state index contributed by atoms with van der Waals surface area (Å²) in [4.78, 5) is 3.51. The van der Waals surface area contributed by atoms with Gasteiger partial charge in [-0.2, -0.15) is 0 Å². The average Bonchev–Trinajstić information content (AvgIpc) is 3.26. The largest absolute Gasteiger partial charge is 0.489 e. The molecule has 5 rings (SSSR count). The van der Waals surface area contributed by atoms with Crippen LogP contribution in [0.4, 0.5) is 0 Å². The van der Waals surface area contributed by atoms with Gasteiger partial charge >= 0.3 is 0 Å². The molecule has 31 heavy (non-hydrogen) atoms. The van der Waals surface area contributed by atoms with Crippen molar-refractivity contribution in [3.8, 4) is 22.8 Å². The quantitative estimate of drug-likeness (QED) is 0.316. The maximum atomic E-state index is 5.96. The van der Waals surface area contributed by atoms with Gasteiger partial charge in [0.25, 0.3) is 0 Å². The molecular weight excluding hydrogens is 382 g/mol. The molecule has 3 heteroatoms. The van der Waals surface area contributed by atoms with Crippen LogP contribution >= 0.6 is 0 Å². The molecule has 0 amide bonds. The van der Waals surface area contributed by atoms with E-state index in [0.29, 0.717) is 13.2 Å². The molecular formula is C28H23NO2. The Labute approximate surface area is 181 Å². The van der Waals surface area contributed by atoms with Crippen LogP contribution in [0.3, 0.4) is 0 Å². The van der Waals surface area contributed by atoms with Gasteiger partial charge in [-0.3, -0.25) is 0 Å². The van der Waals surface area contributed by atoms with E-state index in [2.05, 4.69) is 59.6 Å². The van der Waals surface area contributed by atoms with E-state index in [1.165, 1.54) is 0 Å². The summed E-state index contributed by atoms with van der Waals surface area (Å²) in [6.45, 7) is 1.13. The van der Waals surface area contributed by atoms with Gasteiger partial charge < -0.3 is 14.5 Å². The molecule has 0 unspecified atom stereocenters. The van der Waals surface area contributed by atoms with E-state index in [1.54, 1.807) is 0 Å². The zero-order valence-electron chi connectivity index (χ0n) is 17.1. The number of fused-ring (bicyclic) bond motifs is 1. The summed E-state index contributed by atoms with van der Waals surface area (Å²) in [7, 11) is 0. The second kappa shape index (κ2) is 8.80. The highest BCUT2D eigenvalue weighted by Gasteiger charge is 2.06. The van der Waals surface area contributed by atoms with Crippen LogP contribution in [0.1, 0.15) is 11.1 Å². The number of rotatable bonds is 7. The summed E-state index contributed by atoms with van der Waals surface area (Å²) >= 11 is 0. The van der Waals surface area contributed by atoms with Crippen molar-refractivity contribution in [3.05, 3.63) is 120 Å². The fourth-order valence-electron chi connectivity index (χ4n) is 3.56. The lowest BCUT2D eigenvalue weighted by Gasteiger charge is -2.07. The molecule has 0 bridgehead atoms. The molecule has 0 aliphatic rings. The highest BCUT2D eigenvalue weighted by molar-refractivity contribution is 5.87. The first-order valence-electron chi connectivity index (χ1n) is 10.4. The predicted octanol–water partition coefficient (Wildman–Crippen LogP) is 6.99. The van der Waals surface area contributed by atoms with E-state index in [4.69, 9.17) is 9.47 Å². The highest BCUT2D eigenvalue weighted by atomic mass is 16.5. The summed E-state index contributed by atoms with van der Waals surface area (Å²) in [5.41, 5.74) is 5.57. The molecule has 0 atom stereocenters. The Morgan fingerprint density at radius 2 is 1.13 bits per heavy atom. The smallest absolute Gasteiger partial charge is 0.121 e. The summed E-state index contributed by atoms with van der Waals surface area (Å²) in [5, 5.41) is 1.16. The minimum absolute atomic E-state index is 0.560. The molecule has 0 aliphatic carbocycles. The minimum Gasteiger partial charge on any atom is -0.489 e. The third-order valence-corrected chi connectivity index (χ3v) is 5.26. The van der Waals surface area contributed by atoms with Crippen LogP contribution in [0, 0.1) is 0 Å². The van der Waals surface area contributed by atoms with E-state index in [-0.39, 0.29) is 0 Å². The van der Waals surface area contributed by atoms with Crippen molar-refractivity contribution in [1.29, 1.82) is 0 Å². The molecule has 5 aromatic rings. The Hall–Kier alpha value is -3.98. The fourth-order valence-corrected chi connectivity index (χ4v) is 3.56. The Balaban J connectivity index is 1.27. The molecule has 0 radical (unpaired) electrons. The van der Waals surface area contributed by atoms with Gasteiger partial charge in [-0.1, -0.05) is 60.7 Å². The van der Waals surface area contributed by atoms with Crippen molar-refractivity contribution >= 4 is 10.9 Å².